The number of hydrogen-bond acceptors (Lipinski definition) is 3. The van der Waals surface area contributed by atoms with Crippen LogP contribution in [0.4, 0.5) is 4.39 Å². The predicted octanol–water partition coefficient (Wildman–Crippen LogP) is 2.59. The fourth-order valence-corrected chi connectivity index (χ4v) is 2.75. The molecule has 0 amide bonds. The largest absolute Gasteiger partial charge is 0.374 e. The van der Waals surface area contributed by atoms with Crippen molar-refractivity contribution in [1.29, 1.82) is 0 Å². The van der Waals surface area contributed by atoms with Gasteiger partial charge in [0.05, 0.1) is 23.8 Å². The van der Waals surface area contributed by atoms with Gasteiger partial charge in [0.2, 0.25) is 0 Å². The lowest BCUT2D eigenvalue weighted by molar-refractivity contribution is -0.0790. The molecule has 3 nitrogen and oxygen atoms in total. The zero-order valence-electron chi connectivity index (χ0n) is 11.3. The molecule has 2 rings (SSSR count). The van der Waals surface area contributed by atoms with Crippen molar-refractivity contribution in [2.45, 2.75) is 32.0 Å². The minimum Gasteiger partial charge on any atom is -0.374 e. The van der Waals surface area contributed by atoms with E-state index in [0.29, 0.717) is 19.2 Å². The lowest BCUT2D eigenvalue weighted by atomic mass is 9.96. The van der Waals surface area contributed by atoms with Crippen molar-refractivity contribution in [3.63, 3.8) is 0 Å². The van der Waals surface area contributed by atoms with Gasteiger partial charge < -0.3 is 10.5 Å². The van der Waals surface area contributed by atoms with E-state index in [4.69, 9.17) is 22.1 Å². The van der Waals surface area contributed by atoms with E-state index in [0.717, 1.165) is 12.1 Å². The van der Waals surface area contributed by atoms with Crippen LogP contribution in [0.15, 0.2) is 18.2 Å². The molecule has 0 spiro atoms. The van der Waals surface area contributed by atoms with E-state index >= 15 is 0 Å². The maximum atomic E-state index is 13.7. The summed E-state index contributed by atoms with van der Waals surface area (Å²) in [7, 11) is 0. The molecule has 0 radical (unpaired) electrons. The van der Waals surface area contributed by atoms with Crippen LogP contribution in [-0.4, -0.2) is 36.7 Å². The van der Waals surface area contributed by atoms with Crippen LogP contribution in [-0.2, 0) is 4.74 Å². The van der Waals surface area contributed by atoms with Crippen molar-refractivity contribution < 1.29 is 9.13 Å². The molecule has 106 valence electrons. The molecule has 1 aliphatic heterocycles. The van der Waals surface area contributed by atoms with Crippen molar-refractivity contribution >= 4 is 11.6 Å². The van der Waals surface area contributed by atoms with Gasteiger partial charge in [-0.3, -0.25) is 4.90 Å². The van der Waals surface area contributed by atoms with Crippen molar-refractivity contribution in [2.24, 2.45) is 5.73 Å². The molecular formula is C14H20ClFN2O. The van der Waals surface area contributed by atoms with Gasteiger partial charge in [0, 0.05) is 19.1 Å². The molecule has 1 aromatic rings. The summed E-state index contributed by atoms with van der Waals surface area (Å²) < 4.78 is 19.4. The molecule has 0 bridgehead atoms. The quantitative estimate of drug-likeness (QED) is 0.928. The number of benzene rings is 1. The van der Waals surface area contributed by atoms with Gasteiger partial charge in [-0.15, -0.1) is 0 Å². The van der Waals surface area contributed by atoms with Crippen molar-refractivity contribution in [3.05, 3.63) is 34.6 Å². The van der Waals surface area contributed by atoms with E-state index in [1.807, 2.05) is 6.07 Å². The summed E-state index contributed by atoms with van der Waals surface area (Å²) in [5, 5.41) is 0.140. The Balaban J connectivity index is 2.36. The summed E-state index contributed by atoms with van der Waals surface area (Å²) in [5.74, 6) is -0.399. The molecule has 2 atom stereocenters. The molecular weight excluding hydrogens is 267 g/mol. The van der Waals surface area contributed by atoms with Gasteiger partial charge in [-0.05, 0) is 31.5 Å². The third-order valence-electron chi connectivity index (χ3n) is 3.57. The molecule has 0 aromatic heterocycles. The van der Waals surface area contributed by atoms with Gasteiger partial charge in [0.25, 0.3) is 0 Å². The van der Waals surface area contributed by atoms with Crippen LogP contribution in [0.1, 0.15) is 25.5 Å². The highest BCUT2D eigenvalue weighted by Crippen LogP contribution is 2.32. The zero-order valence-corrected chi connectivity index (χ0v) is 12.0. The Hall–Kier alpha value is -0.680. The van der Waals surface area contributed by atoms with Gasteiger partial charge >= 0.3 is 0 Å². The molecule has 1 heterocycles. The molecule has 2 unspecified atom stereocenters. The molecule has 5 heteroatoms. The van der Waals surface area contributed by atoms with Gasteiger partial charge in [-0.1, -0.05) is 17.7 Å². The summed E-state index contributed by atoms with van der Waals surface area (Å²) in [5.41, 5.74) is 6.66. The van der Waals surface area contributed by atoms with Crippen LogP contribution < -0.4 is 5.73 Å². The number of morpholine rings is 1. The Morgan fingerprint density at radius 1 is 1.53 bits per heavy atom. The van der Waals surface area contributed by atoms with E-state index in [1.165, 1.54) is 6.07 Å². The number of rotatable bonds is 3. The first-order valence-electron chi connectivity index (χ1n) is 6.57. The monoisotopic (exact) mass is 286 g/mol. The molecule has 1 aliphatic rings. The first-order valence-corrected chi connectivity index (χ1v) is 6.94. The van der Waals surface area contributed by atoms with Gasteiger partial charge in [-0.2, -0.15) is 0 Å². The summed E-state index contributed by atoms with van der Waals surface area (Å²) >= 11 is 5.74. The SMILES string of the molecule is CC(C)N1CCOC(CN)C1c1ccc(Cl)c(F)c1. The Morgan fingerprint density at radius 3 is 2.84 bits per heavy atom. The highest BCUT2D eigenvalue weighted by atomic mass is 35.5. The Morgan fingerprint density at radius 2 is 2.26 bits per heavy atom. The molecule has 0 saturated carbocycles. The van der Waals surface area contributed by atoms with E-state index in [9.17, 15) is 4.39 Å². The molecule has 1 fully saturated rings. The zero-order chi connectivity index (χ0) is 14.0. The number of halogens is 2. The van der Waals surface area contributed by atoms with Gasteiger partial charge in [0.1, 0.15) is 5.82 Å². The normalized spacial score (nSPS) is 24.9. The van der Waals surface area contributed by atoms with Gasteiger partial charge in [-0.25, -0.2) is 4.39 Å². The minimum absolute atomic E-state index is 0.0227. The standard InChI is InChI=1S/C14H20ClFN2O/c1-9(2)18-5-6-19-13(8-17)14(18)10-3-4-11(15)12(16)7-10/h3-4,7,9,13-14H,5-6,8,17H2,1-2H3. The second kappa shape index (κ2) is 6.18. The Labute approximate surface area is 118 Å². The van der Waals surface area contributed by atoms with E-state index in [2.05, 4.69) is 18.7 Å². The number of hydrogen-bond donors (Lipinski definition) is 1. The number of nitrogens with zero attached hydrogens (tertiary/aromatic N) is 1. The number of nitrogens with two attached hydrogens (primary N) is 1. The highest BCUT2D eigenvalue weighted by Gasteiger charge is 2.34. The minimum atomic E-state index is -0.399. The first-order chi connectivity index (χ1) is 9.04. The molecule has 19 heavy (non-hydrogen) atoms. The molecule has 1 aromatic carbocycles. The second-order valence-corrected chi connectivity index (χ2v) is 5.50. The maximum Gasteiger partial charge on any atom is 0.142 e. The van der Waals surface area contributed by atoms with Crippen molar-refractivity contribution in [1.82, 2.24) is 4.90 Å². The van der Waals surface area contributed by atoms with E-state index in [-0.39, 0.29) is 17.2 Å². The van der Waals surface area contributed by atoms with Crippen LogP contribution in [0.25, 0.3) is 0 Å². The van der Waals surface area contributed by atoms with Crippen LogP contribution in [0.3, 0.4) is 0 Å². The average molecular weight is 287 g/mol. The van der Waals surface area contributed by atoms with Crippen LogP contribution in [0, 0.1) is 5.82 Å². The first kappa shape index (κ1) is 14.7. The lowest BCUT2D eigenvalue weighted by Gasteiger charge is -2.43. The molecule has 2 N–H and O–H groups in total. The van der Waals surface area contributed by atoms with Crippen LogP contribution >= 0.6 is 11.6 Å². The summed E-state index contributed by atoms with van der Waals surface area (Å²) in [6.45, 7) is 6.14. The predicted molar refractivity (Wildman–Crippen MR) is 74.8 cm³/mol. The van der Waals surface area contributed by atoms with Crippen LogP contribution in [0.2, 0.25) is 5.02 Å². The summed E-state index contributed by atoms with van der Waals surface area (Å²) in [6, 6.07) is 5.25. The third-order valence-corrected chi connectivity index (χ3v) is 3.88. The highest BCUT2D eigenvalue weighted by molar-refractivity contribution is 6.30. The number of ether oxygens (including phenoxy) is 1. The summed E-state index contributed by atoms with van der Waals surface area (Å²) in [4.78, 5) is 2.30. The van der Waals surface area contributed by atoms with Crippen LogP contribution in [0.5, 0.6) is 0 Å². The van der Waals surface area contributed by atoms with Crippen molar-refractivity contribution in [3.8, 4) is 0 Å². The smallest absolute Gasteiger partial charge is 0.142 e. The summed E-state index contributed by atoms with van der Waals surface area (Å²) in [6.07, 6.45) is -0.114. The third kappa shape index (κ3) is 3.08. The topological polar surface area (TPSA) is 38.5 Å². The van der Waals surface area contributed by atoms with Crippen molar-refractivity contribution in [2.75, 3.05) is 19.7 Å². The molecule has 1 saturated heterocycles. The fraction of sp³-hybridized carbons (Fsp3) is 0.571. The Bertz CT molecular complexity index is 441. The van der Waals surface area contributed by atoms with E-state index < -0.39 is 5.82 Å². The second-order valence-electron chi connectivity index (χ2n) is 5.09. The fourth-order valence-electron chi connectivity index (χ4n) is 2.63. The van der Waals surface area contributed by atoms with E-state index in [1.54, 1.807) is 6.07 Å². The van der Waals surface area contributed by atoms with Gasteiger partial charge in [0.15, 0.2) is 0 Å². The molecule has 0 aliphatic carbocycles. The average Bonchev–Trinajstić information content (AvgIpc) is 2.41. The lowest BCUT2D eigenvalue weighted by Crippen LogP contribution is -2.50. The Kier molecular flexibility index (Phi) is 4.79. The maximum absolute atomic E-state index is 13.7.